The highest BCUT2D eigenvalue weighted by molar-refractivity contribution is 7.99. The Morgan fingerprint density at radius 1 is 1.04 bits per heavy atom. The predicted octanol–water partition coefficient (Wildman–Crippen LogP) is 4.41. The minimum atomic E-state index is -0.119. The van der Waals surface area contributed by atoms with Gasteiger partial charge in [0.05, 0.1) is 0 Å². The molecule has 0 fully saturated rings. The number of nitrogens with zero attached hydrogens (tertiary/aromatic N) is 1. The van der Waals surface area contributed by atoms with E-state index in [1.807, 2.05) is 55.4 Å². The van der Waals surface area contributed by atoms with Crippen molar-refractivity contribution in [2.24, 2.45) is 0 Å². The topological polar surface area (TPSA) is 29.5 Å². The first kappa shape index (κ1) is 18.6. The van der Waals surface area contributed by atoms with Crippen LogP contribution in [0.2, 0.25) is 0 Å². The van der Waals surface area contributed by atoms with Gasteiger partial charge in [-0.15, -0.1) is 11.8 Å². The third-order valence-electron chi connectivity index (χ3n) is 3.61. The van der Waals surface area contributed by atoms with Gasteiger partial charge in [-0.2, -0.15) is 0 Å². The number of likely N-dealkylation sites (N-methyl/N-ethyl adjacent to an activating group) is 1. The lowest BCUT2D eigenvalue weighted by atomic mass is 10.1. The fraction of sp³-hybridized carbons (Fsp3) is 0.350. The van der Waals surface area contributed by atoms with Crippen molar-refractivity contribution in [2.75, 3.05) is 27.2 Å². The third kappa shape index (κ3) is 6.77. The summed E-state index contributed by atoms with van der Waals surface area (Å²) in [6.07, 6.45) is 1.21. The molecule has 24 heavy (non-hydrogen) atoms. The van der Waals surface area contributed by atoms with E-state index in [2.05, 4.69) is 24.3 Å². The molecule has 0 aromatic heterocycles. The minimum Gasteiger partial charge on any atom is -0.464 e. The van der Waals surface area contributed by atoms with Crippen LogP contribution in [0.4, 0.5) is 0 Å². The summed E-state index contributed by atoms with van der Waals surface area (Å²) in [5, 5.41) is 0.245. The zero-order valence-electron chi connectivity index (χ0n) is 14.4. The van der Waals surface area contributed by atoms with Crippen LogP contribution in [0.25, 0.3) is 0 Å². The molecule has 0 N–H and O–H groups in total. The smallest absolute Gasteiger partial charge is 0.305 e. The van der Waals surface area contributed by atoms with Gasteiger partial charge in [0.25, 0.3) is 0 Å². The third-order valence-corrected chi connectivity index (χ3v) is 4.94. The molecule has 0 saturated carbocycles. The summed E-state index contributed by atoms with van der Waals surface area (Å²) in [6, 6.07) is 20.7. The first-order valence-electron chi connectivity index (χ1n) is 8.22. The van der Waals surface area contributed by atoms with Crippen molar-refractivity contribution in [3.8, 4) is 0 Å². The monoisotopic (exact) mass is 343 g/mol. The van der Waals surface area contributed by atoms with Crippen LogP contribution in [0.15, 0.2) is 65.6 Å². The van der Waals surface area contributed by atoms with E-state index >= 15 is 0 Å². The Kier molecular flexibility index (Phi) is 7.86. The second-order valence-electron chi connectivity index (χ2n) is 5.89. The number of carbonyl (C=O) groups excluding carboxylic acids is 1. The normalized spacial score (nSPS) is 12.1. The highest BCUT2D eigenvalue weighted by Gasteiger charge is 2.15. The van der Waals surface area contributed by atoms with Gasteiger partial charge in [-0.3, -0.25) is 4.79 Å². The van der Waals surface area contributed by atoms with Gasteiger partial charge in [0.1, 0.15) is 6.61 Å². The van der Waals surface area contributed by atoms with Crippen molar-refractivity contribution in [3.63, 3.8) is 0 Å². The van der Waals surface area contributed by atoms with E-state index in [4.69, 9.17) is 4.74 Å². The van der Waals surface area contributed by atoms with E-state index in [-0.39, 0.29) is 11.2 Å². The number of carbonyl (C=O) groups is 1. The Hall–Kier alpha value is -1.78. The number of esters is 1. The molecule has 0 heterocycles. The fourth-order valence-corrected chi connectivity index (χ4v) is 3.46. The van der Waals surface area contributed by atoms with Crippen molar-refractivity contribution < 1.29 is 9.53 Å². The second kappa shape index (κ2) is 10.2. The number of thioether (sulfide) groups is 1. The van der Waals surface area contributed by atoms with Crippen molar-refractivity contribution in [3.05, 3.63) is 66.2 Å². The first-order valence-corrected chi connectivity index (χ1v) is 9.10. The van der Waals surface area contributed by atoms with Crippen molar-refractivity contribution >= 4 is 17.7 Å². The van der Waals surface area contributed by atoms with Crippen LogP contribution in [-0.2, 0) is 9.53 Å². The highest BCUT2D eigenvalue weighted by Crippen LogP contribution is 2.38. The zero-order valence-corrected chi connectivity index (χ0v) is 15.2. The van der Waals surface area contributed by atoms with Gasteiger partial charge in [-0.1, -0.05) is 48.5 Å². The molecule has 0 aliphatic carbocycles. The van der Waals surface area contributed by atoms with Crippen molar-refractivity contribution in [1.82, 2.24) is 4.90 Å². The lowest BCUT2D eigenvalue weighted by Crippen LogP contribution is -2.20. The average molecular weight is 343 g/mol. The summed E-state index contributed by atoms with van der Waals surface area (Å²) in [7, 11) is 3.94. The number of hydrogen-bond acceptors (Lipinski definition) is 4. The summed E-state index contributed by atoms with van der Waals surface area (Å²) >= 11 is 1.80. The van der Waals surface area contributed by atoms with E-state index in [0.717, 1.165) is 13.0 Å². The minimum absolute atomic E-state index is 0.119. The van der Waals surface area contributed by atoms with Gasteiger partial charge in [-0.25, -0.2) is 0 Å². The van der Waals surface area contributed by atoms with Gasteiger partial charge in [0, 0.05) is 23.1 Å². The van der Waals surface area contributed by atoms with Gasteiger partial charge < -0.3 is 9.64 Å². The molecule has 0 aliphatic heterocycles. The SMILES string of the molecule is CN(C)CCOC(=O)CCC(Sc1ccccc1)c1ccccc1. The van der Waals surface area contributed by atoms with Crippen molar-refractivity contribution in [1.29, 1.82) is 0 Å². The summed E-state index contributed by atoms with van der Waals surface area (Å²) in [5.74, 6) is -0.119. The maximum absolute atomic E-state index is 12.0. The number of hydrogen-bond donors (Lipinski definition) is 0. The number of benzene rings is 2. The van der Waals surface area contributed by atoms with Crippen LogP contribution in [0.3, 0.4) is 0 Å². The maximum atomic E-state index is 12.0. The Morgan fingerprint density at radius 3 is 2.29 bits per heavy atom. The Morgan fingerprint density at radius 2 is 1.67 bits per heavy atom. The van der Waals surface area contributed by atoms with Crippen LogP contribution in [-0.4, -0.2) is 38.1 Å². The average Bonchev–Trinajstić information content (AvgIpc) is 2.60. The summed E-state index contributed by atoms with van der Waals surface area (Å²) in [4.78, 5) is 15.2. The van der Waals surface area contributed by atoms with Crippen LogP contribution in [0.5, 0.6) is 0 Å². The van der Waals surface area contributed by atoms with Crippen LogP contribution in [0.1, 0.15) is 23.7 Å². The summed E-state index contributed by atoms with van der Waals surface area (Å²) < 4.78 is 5.30. The van der Waals surface area contributed by atoms with Crippen molar-refractivity contribution in [2.45, 2.75) is 23.0 Å². The maximum Gasteiger partial charge on any atom is 0.305 e. The molecule has 2 aromatic carbocycles. The number of rotatable bonds is 9. The molecule has 4 heteroatoms. The summed E-state index contributed by atoms with van der Waals surface area (Å²) in [5.41, 5.74) is 1.24. The molecule has 1 unspecified atom stereocenters. The van der Waals surface area contributed by atoms with Crippen LogP contribution >= 0.6 is 11.8 Å². The standard InChI is InChI=1S/C20H25NO2S/c1-21(2)15-16-23-20(22)14-13-19(17-9-5-3-6-10-17)24-18-11-7-4-8-12-18/h3-12,19H,13-16H2,1-2H3. The molecular formula is C20H25NO2S. The largest absolute Gasteiger partial charge is 0.464 e. The molecule has 0 amide bonds. The molecule has 0 spiro atoms. The molecule has 3 nitrogen and oxygen atoms in total. The number of ether oxygens (including phenoxy) is 1. The van der Waals surface area contributed by atoms with Gasteiger partial charge >= 0.3 is 5.97 Å². The van der Waals surface area contributed by atoms with Crippen LogP contribution in [0, 0.1) is 0 Å². The van der Waals surface area contributed by atoms with E-state index in [1.54, 1.807) is 11.8 Å². The molecule has 128 valence electrons. The Bertz CT molecular complexity index is 602. The van der Waals surface area contributed by atoms with Gasteiger partial charge in [0.2, 0.25) is 0 Å². The molecule has 0 aliphatic rings. The zero-order chi connectivity index (χ0) is 17.2. The van der Waals surface area contributed by atoms with E-state index < -0.39 is 0 Å². The molecular weight excluding hydrogens is 318 g/mol. The molecule has 2 rings (SSSR count). The molecule has 0 radical (unpaired) electrons. The Balaban J connectivity index is 1.93. The van der Waals surface area contributed by atoms with E-state index in [9.17, 15) is 4.79 Å². The van der Waals surface area contributed by atoms with Crippen LogP contribution < -0.4 is 0 Å². The molecule has 2 aromatic rings. The molecule has 0 bridgehead atoms. The lowest BCUT2D eigenvalue weighted by Gasteiger charge is -2.17. The second-order valence-corrected chi connectivity index (χ2v) is 7.17. The van der Waals surface area contributed by atoms with Gasteiger partial charge in [0.15, 0.2) is 0 Å². The molecule has 0 saturated heterocycles. The lowest BCUT2D eigenvalue weighted by molar-refractivity contribution is -0.144. The summed E-state index contributed by atoms with van der Waals surface area (Å²) in [6.45, 7) is 1.21. The predicted molar refractivity (Wildman–Crippen MR) is 100 cm³/mol. The fourth-order valence-electron chi connectivity index (χ4n) is 2.29. The van der Waals surface area contributed by atoms with E-state index in [1.165, 1.54) is 10.5 Å². The molecule has 1 atom stereocenters. The quantitative estimate of drug-likeness (QED) is 0.498. The van der Waals surface area contributed by atoms with Gasteiger partial charge in [-0.05, 0) is 38.2 Å². The first-order chi connectivity index (χ1) is 11.6. The Labute approximate surface area is 149 Å². The highest BCUT2D eigenvalue weighted by atomic mass is 32.2. The van der Waals surface area contributed by atoms with E-state index in [0.29, 0.717) is 13.0 Å².